The second-order valence-corrected chi connectivity index (χ2v) is 6.62. The Morgan fingerprint density at radius 3 is 2.24 bits per heavy atom. The van der Waals surface area contributed by atoms with Gasteiger partial charge in [0.05, 0.1) is 14.2 Å². The molecular weight excluding hydrogens is 316 g/mol. The first-order valence-corrected chi connectivity index (χ1v) is 8.06. The average Bonchev–Trinajstić information content (AvgIpc) is 2.59. The minimum Gasteiger partial charge on any atom is -0.493 e. The van der Waals surface area contributed by atoms with Crippen LogP contribution in [0.5, 0.6) is 17.2 Å². The molecule has 0 heterocycles. The van der Waals surface area contributed by atoms with Gasteiger partial charge >= 0.3 is 5.97 Å². The van der Waals surface area contributed by atoms with Crippen molar-refractivity contribution in [3.8, 4) is 17.2 Å². The third-order valence-corrected chi connectivity index (χ3v) is 3.73. The van der Waals surface area contributed by atoms with Gasteiger partial charge in [0.2, 0.25) is 0 Å². The number of carbonyl (C=O) groups is 1. The Bertz CT molecular complexity index is 770. The van der Waals surface area contributed by atoms with Gasteiger partial charge < -0.3 is 14.2 Å². The minimum absolute atomic E-state index is 0.107. The predicted octanol–water partition coefficient (Wildman–Crippen LogP) is 4.62. The maximum Gasteiger partial charge on any atom is 0.336 e. The van der Waals surface area contributed by atoms with Crippen LogP contribution in [0.4, 0.5) is 0 Å². The topological polar surface area (TPSA) is 44.8 Å². The lowest BCUT2D eigenvalue weighted by Crippen LogP contribution is -2.15. The zero-order chi connectivity index (χ0) is 18.4. The monoisotopic (exact) mass is 340 g/mol. The van der Waals surface area contributed by atoms with Crippen molar-refractivity contribution in [2.24, 2.45) is 0 Å². The summed E-state index contributed by atoms with van der Waals surface area (Å²) in [5, 5.41) is 0. The highest BCUT2D eigenvalue weighted by Crippen LogP contribution is 2.31. The van der Waals surface area contributed by atoms with E-state index in [2.05, 4.69) is 20.8 Å². The van der Waals surface area contributed by atoms with E-state index in [4.69, 9.17) is 14.2 Å². The molecule has 0 spiro atoms. The molecule has 4 nitrogen and oxygen atoms in total. The third-order valence-electron chi connectivity index (χ3n) is 3.73. The molecule has 0 saturated heterocycles. The molecule has 2 aromatic rings. The largest absolute Gasteiger partial charge is 0.493 e. The molecule has 0 unspecified atom stereocenters. The van der Waals surface area contributed by atoms with Crippen molar-refractivity contribution in [2.45, 2.75) is 26.2 Å². The Labute approximate surface area is 149 Å². The molecule has 0 aliphatic carbocycles. The molecule has 132 valence electrons. The molecule has 0 atom stereocenters. The first-order chi connectivity index (χ1) is 11.8. The number of rotatable bonds is 5. The van der Waals surface area contributed by atoms with E-state index in [0.717, 1.165) is 11.1 Å². The number of para-hydroxylation sites is 1. The molecule has 25 heavy (non-hydrogen) atoms. The summed E-state index contributed by atoms with van der Waals surface area (Å²) in [6.07, 6.45) is 3.09. The van der Waals surface area contributed by atoms with Crippen molar-refractivity contribution < 1.29 is 19.0 Å². The molecule has 0 saturated carbocycles. The van der Waals surface area contributed by atoms with Crippen LogP contribution < -0.4 is 14.2 Å². The van der Waals surface area contributed by atoms with Crippen molar-refractivity contribution in [3.05, 3.63) is 59.7 Å². The van der Waals surface area contributed by atoms with Gasteiger partial charge in [-0.05, 0) is 35.3 Å². The van der Waals surface area contributed by atoms with Crippen LogP contribution >= 0.6 is 0 Å². The average molecular weight is 340 g/mol. The first kappa shape index (κ1) is 18.6. The van der Waals surface area contributed by atoms with Gasteiger partial charge in [-0.25, -0.2) is 4.79 Å². The van der Waals surface area contributed by atoms with Gasteiger partial charge in [-0.3, -0.25) is 0 Å². The highest BCUT2D eigenvalue weighted by molar-refractivity contribution is 5.89. The fourth-order valence-corrected chi connectivity index (χ4v) is 2.44. The molecule has 0 bridgehead atoms. The number of esters is 1. The Balaban J connectivity index is 2.15. The highest BCUT2D eigenvalue weighted by atomic mass is 16.5. The van der Waals surface area contributed by atoms with Crippen molar-refractivity contribution >= 4 is 12.0 Å². The van der Waals surface area contributed by atoms with Gasteiger partial charge in [0, 0.05) is 11.6 Å². The minimum atomic E-state index is -0.425. The molecule has 4 heteroatoms. The first-order valence-electron chi connectivity index (χ1n) is 8.06. The lowest BCUT2D eigenvalue weighted by Gasteiger charge is -2.21. The van der Waals surface area contributed by atoms with Crippen molar-refractivity contribution in [1.82, 2.24) is 0 Å². The Morgan fingerprint density at radius 2 is 1.60 bits per heavy atom. The van der Waals surface area contributed by atoms with E-state index in [1.807, 2.05) is 30.3 Å². The van der Waals surface area contributed by atoms with Crippen LogP contribution in [0.25, 0.3) is 6.08 Å². The Hall–Kier alpha value is -2.75. The smallest absolute Gasteiger partial charge is 0.336 e. The summed E-state index contributed by atoms with van der Waals surface area (Å²) in [4.78, 5) is 12.2. The van der Waals surface area contributed by atoms with E-state index < -0.39 is 5.97 Å². The summed E-state index contributed by atoms with van der Waals surface area (Å²) >= 11 is 0. The Kier molecular flexibility index (Phi) is 5.86. The van der Waals surface area contributed by atoms with E-state index in [-0.39, 0.29) is 5.41 Å². The van der Waals surface area contributed by atoms with Crippen LogP contribution in [0, 0.1) is 0 Å². The van der Waals surface area contributed by atoms with Crippen LogP contribution in [0.1, 0.15) is 31.9 Å². The lowest BCUT2D eigenvalue weighted by atomic mass is 9.86. The number of hydrogen-bond donors (Lipinski definition) is 0. The lowest BCUT2D eigenvalue weighted by molar-refractivity contribution is -0.128. The van der Waals surface area contributed by atoms with E-state index in [1.54, 1.807) is 32.4 Å². The number of ether oxygens (including phenoxy) is 3. The molecule has 2 aromatic carbocycles. The Morgan fingerprint density at radius 1 is 0.920 bits per heavy atom. The summed E-state index contributed by atoms with van der Waals surface area (Å²) in [5.41, 5.74) is 1.70. The van der Waals surface area contributed by atoms with Gasteiger partial charge in [0.25, 0.3) is 0 Å². The summed E-state index contributed by atoms with van der Waals surface area (Å²) in [5.74, 6) is 1.40. The highest BCUT2D eigenvalue weighted by Gasteiger charge is 2.19. The SMILES string of the molecule is COc1ccc(/C=C/C(=O)Oc2ccccc2C(C)(C)C)cc1OC. The van der Waals surface area contributed by atoms with E-state index in [9.17, 15) is 4.79 Å². The molecule has 2 rings (SSSR count). The van der Waals surface area contributed by atoms with Crippen LogP contribution in [-0.2, 0) is 10.2 Å². The van der Waals surface area contributed by atoms with Crippen LogP contribution in [0.2, 0.25) is 0 Å². The van der Waals surface area contributed by atoms with Gasteiger partial charge in [0.1, 0.15) is 5.75 Å². The van der Waals surface area contributed by atoms with Crippen molar-refractivity contribution in [2.75, 3.05) is 14.2 Å². The number of benzene rings is 2. The van der Waals surface area contributed by atoms with E-state index in [1.165, 1.54) is 6.08 Å². The summed E-state index contributed by atoms with van der Waals surface area (Å²) in [7, 11) is 3.15. The maximum atomic E-state index is 12.2. The van der Waals surface area contributed by atoms with Gasteiger partial charge in [-0.2, -0.15) is 0 Å². The zero-order valence-electron chi connectivity index (χ0n) is 15.3. The fourth-order valence-electron chi connectivity index (χ4n) is 2.44. The van der Waals surface area contributed by atoms with Crippen molar-refractivity contribution in [3.63, 3.8) is 0 Å². The molecule has 0 radical (unpaired) electrons. The molecule has 0 aliphatic heterocycles. The summed E-state index contributed by atoms with van der Waals surface area (Å²) in [6.45, 7) is 6.25. The third kappa shape index (κ3) is 4.86. The molecule has 0 fully saturated rings. The summed E-state index contributed by atoms with van der Waals surface area (Å²) in [6, 6.07) is 13.0. The van der Waals surface area contributed by atoms with Crippen LogP contribution in [-0.4, -0.2) is 20.2 Å². The number of methoxy groups -OCH3 is 2. The predicted molar refractivity (Wildman–Crippen MR) is 99.4 cm³/mol. The summed E-state index contributed by atoms with van der Waals surface area (Å²) < 4.78 is 16.0. The van der Waals surface area contributed by atoms with E-state index in [0.29, 0.717) is 17.2 Å². The number of hydrogen-bond acceptors (Lipinski definition) is 4. The molecular formula is C21H24O4. The molecule has 0 aliphatic rings. The second kappa shape index (κ2) is 7.88. The zero-order valence-corrected chi connectivity index (χ0v) is 15.3. The maximum absolute atomic E-state index is 12.2. The molecule has 0 amide bonds. The van der Waals surface area contributed by atoms with Gasteiger partial charge in [-0.1, -0.05) is 45.0 Å². The number of carbonyl (C=O) groups excluding carboxylic acids is 1. The van der Waals surface area contributed by atoms with Crippen LogP contribution in [0.3, 0.4) is 0 Å². The van der Waals surface area contributed by atoms with Crippen molar-refractivity contribution in [1.29, 1.82) is 0 Å². The normalized spacial score (nSPS) is 11.4. The van der Waals surface area contributed by atoms with Gasteiger partial charge in [-0.15, -0.1) is 0 Å². The quantitative estimate of drug-likeness (QED) is 0.452. The van der Waals surface area contributed by atoms with E-state index >= 15 is 0 Å². The molecule has 0 aromatic heterocycles. The molecule has 0 N–H and O–H groups in total. The second-order valence-electron chi connectivity index (χ2n) is 6.62. The van der Waals surface area contributed by atoms with Gasteiger partial charge in [0.15, 0.2) is 11.5 Å². The van der Waals surface area contributed by atoms with Crippen LogP contribution in [0.15, 0.2) is 48.5 Å². The standard InChI is InChI=1S/C21H24O4/c1-21(2,3)16-8-6-7-9-17(16)25-20(22)13-11-15-10-12-18(23-4)19(14-15)24-5/h6-14H,1-5H3/b13-11+. The fraction of sp³-hybridized carbons (Fsp3) is 0.286.